The lowest BCUT2D eigenvalue weighted by molar-refractivity contribution is -0.137. The highest BCUT2D eigenvalue weighted by atomic mass is 79.9. The van der Waals surface area contributed by atoms with Crippen molar-refractivity contribution in [1.82, 2.24) is 5.32 Å². The van der Waals surface area contributed by atoms with Crippen molar-refractivity contribution in [3.05, 3.63) is 35.4 Å². The van der Waals surface area contributed by atoms with Gasteiger partial charge in [-0.15, -0.1) is 0 Å². The van der Waals surface area contributed by atoms with Crippen LogP contribution in [0.1, 0.15) is 22.3 Å². The van der Waals surface area contributed by atoms with Crippen molar-refractivity contribution in [2.45, 2.75) is 12.6 Å². The maximum absolute atomic E-state index is 12.6. The minimum absolute atomic E-state index is 0.338. The second-order valence-corrected chi connectivity index (χ2v) is 4.13. The summed E-state index contributed by atoms with van der Waals surface area (Å²) in [5.74, 6) is -0.695. The van der Waals surface area contributed by atoms with Crippen LogP contribution in [0.3, 0.4) is 0 Å². The van der Waals surface area contributed by atoms with Gasteiger partial charge in [-0.2, -0.15) is 13.2 Å². The Labute approximate surface area is 105 Å². The highest BCUT2D eigenvalue weighted by Gasteiger charge is 2.34. The summed E-state index contributed by atoms with van der Waals surface area (Å²) < 4.78 is 37.8. The molecule has 17 heavy (non-hydrogen) atoms. The van der Waals surface area contributed by atoms with Gasteiger partial charge in [0.25, 0.3) is 5.91 Å². The highest BCUT2D eigenvalue weighted by Crippen LogP contribution is 2.31. The maximum Gasteiger partial charge on any atom is 0.417 e. The fraction of sp³-hybridized carbons (Fsp3) is 0.364. The third-order valence-electron chi connectivity index (χ3n) is 2.07. The monoisotopic (exact) mass is 309 g/mol. The molecule has 0 aliphatic heterocycles. The van der Waals surface area contributed by atoms with Gasteiger partial charge in [-0.3, -0.25) is 4.79 Å². The largest absolute Gasteiger partial charge is 0.417 e. The molecule has 94 valence electrons. The Morgan fingerprint density at radius 2 is 1.94 bits per heavy atom. The van der Waals surface area contributed by atoms with Crippen molar-refractivity contribution in [3.63, 3.8) is 0 Å². The van der Waals surface area contributed by atoms with Gasteiger partial charge in [-0.05, 0) is 18.6 Å². The van der Waals surface area contributed by atoms with Crippen LogP contribution in [0.5, 0.6) is 0 Å². The SMILES string of the molecule is O=C(NCCCBr)c1ccccc1C(F)(F)F. The smallest absolute Gasteiger partial charge is 0.352 e. The quantitative estimate of drug-likeness (QED) is 0.671. The molecule has 1 aromatic carbocycles. The summed E-state index contributed by atoms with van der Waals surface area (Å²) in [4.78, 5) is 11.6. The summed E-state index contributed by atoms with van der Waals surface area (Å²) in [5.41, 5.74) is -1.24. The van der Waals surface area contributed by atoms with Crippen LogP contribution in [0.4, 0.5) is 13.2 Å². The molecule has 0 saturated carbocycles. The molecule has 6 heteroatoms. The normalized spacial score (nSPS) is 11.3. The van der Waals surface area contributed by atoms with E-state index in [0.717, 1.165) is 6.07 Å². The fourth-order valence-corrected chi connectivity index (χ4v) is 1.57. The van der Waals surface area contributed by atoms with Crippen LogP contribution in [0.2, 0.25) is 0 Å². The average molecular weight is 310 g/mol. The molecule has 0 spiro atoms. The van der Waals surface area contributed by atoms with Gasteiger partial charge in [-0.25, -0.2) is 0 Å². The minimum atomic E-state index is -4.51. The number of rotatable bonds is 4. The molecule has 0 saturated heterocycles. The summed E-state index contributed by atoms with van der Waals surface area (Å²) in [5, 5.41) is 3.13. The van der Waals surface area contributed by atoms with E-state index in [1.165, 1.54) is 18.2 Å². The third kappa shape index (κ3) is 4.03. The topological polar surface area (TPSA) is 29.1 Å². The van der Waals surface area contributed by atoms with Crippen molar-refractivity contribution in [3.8, 4) is 0 Å². The molecule has 0 aliphatic carbocycles. The van der Waals surface area contributed by atoms with Crippen molar-refractivity contribution in [1.29, 1.82) is 0 Å². The number of benzene rings is 1. The number of hydrogen-bond acceptors (Lipinski definition) is 1. The van der Waals surface area contributed by atoms with E-state index in [1.54, 1.807) is 0 Å². The molecule has 0 aliphatic rings. The fourth-order valence-electron chi connectivity index (χ4n) is 1.29. The first-order chi connectivity index (χ1) is 7.96. The predicted molar refractivity (Wildman–Crippen MR) is 62.2 cm³/mol. The van der Waals surface area contributed by atoms with Gasteiger partial charge in [0.2, 0.25) is 0 Å². The van der Waals surface area contributed by atoms with Crippen molar-refractivity contribution >= 4 is 21.8 Å². The zero-order valence-electron chi connectivity index (χ0n) is 8.85. The Balaban J connectivity index is 2.86. The van der Waals surface area contributed by atoms with Crippen LogP contribution in [0, 0.1) is 0 Å². The van der Waals surface area contributed by atoms with Gasteiger partial charge in [0.05, 0.1) is 11.1 Å². The summed E-state index contributed by atoms with van der Waals surface area (Å²) in [6, 6.07) is 4.75. The summed E-state index contributed by atoms with van der Waals surface area (Å²) >= 11 is 3.17. The zero-order chi connectivity index (χ0) is 12.9. The summed E-state index contributed by atoms with van der Waals surface area (Å²) in [6.07, 6.45) is -3.84. The Hall–Kier alpha value is -1.04. The van der Waals surface area contributed by atoms with E-state index in [9.17, 15) is 18.0 Å². The molecule has 0 fully saturated rings. The first-order valence-electron chi connectivity index (χ1n) is 4.97. The van der Waals surface area contributed by atoms with Crippen LogP contribution in [0.25, 0.3) is 0 Å². The molecule has 2 nitrogen and oxygen atoms in total. The van der Waals surface area contributed by atoms with Crippen LogP contribution in [-0.4, -0.2) is 17.8 Å². The predicted octanol–water partition coefficient (Wildman–Crippen LogP) is 3.22. The van der Waals surface area contributed by atoms with E-state index < -0.39 is 17.6 Å². The molecule has 0 heterocycles. The molecule has 0 atom stereocenters. The Bertz CT molecular complexity index is 393. The van der Waals surface area contributed by atoms with E-state index in [4.69, 9.17) is 0 Å². The second kappa shape index (κ2) is 6.05. The molecule has 1 amide bonds. The number of halogens is 4. The van der Waals surface area contributed by atoms with Gasteiger partial charge in [0, 0.05) is 11.9 Å². The second-order valence-electron chi connectivity index (χ2n) is 3.34. The van der Waals surface area contributed by atoms with E-state index in [1.807, 2.05) is 0 Å². The van der Waals surface area contributed by atoms with Crippen molar-refractivity contribution in [2.75, 3.05) is 11.9 Å². The van der Waals surface area contributed by atoms with Crippen LogP contribution in [-0.2, 0) is 6.18 Å². The molecule has 0 unspecified atom stereocenters. The van der Waals surface area contributed by atoms with Crippen LogP contribution >= 0.6 is 15.9 Å². The molecule has 0 aromatic heterocycles. The molecular formula is C11H11BrF3NO. The van der Waals surface area contributed by atoms with E-state index in [-0.39, 0.29) is 5.56 Å². The average Bonchev–Trinajstić information content (AvgIpc) is 2.28. The number of carbonyl (C=O) groups is 1. The lowest BCUT2D eigenvalue weighted by Crippen LogP contribution is -2.27. The Kier molecular flexibility index (Phi) is 4.99. The number of amides is 1. The molecule has 1 aromatic rings. The Morgan fingerprint density at radius 1 is 1.29 bits per heavy atom. The van der Waals surface area contributed by atoms with Crippen LogP contribution in [0.15, 0.2) is 24.3 Å². The first-order valence-corrected chi connectivity index (χ1v) is 6.09. The van der Waals surface area contributed by atoms with Crippen molar-refractivity contribution in [2.24, 2.45) is 0 Å². The molecule has 0 radical (unpaired) electrons. The van der Waals surface area contributed by atoms with Gasteiger partial charge in [0.15, 0.2) is 0 Å². The third-order valence-corrected chi connectivity index (χ3v) is 2.63. The molecule has 1 N–H and O–H groups in total. The van der Waals surface area contributed by atoms with Crippen LogP contribution < -0.4 is 5.32 Å². The summed E-state index contributed by atoms with van der Waals surface area (Å²) in [6.45, 7) is 0.344. The molecule has 0 bridgehead atoms. The number of alkyl halides is 4. The van der Waals surface area contributed by atoms with Crippen molar-refractivity contribution < 1.29 is 18.0 Å². The standard InChI is InChI=1S/C11H11BrF3NO/c12-6-3-7-16-10(17)8-4-1-2-5-9(8)11(13,14)15/h1-2,4-5H,3,6-7H2,(H,16,17). The minimum Gasteiger partial charge on any atom is -0.352 e. The van der Waals surface area contributed by atoms with E-state index >= 15 is 0 Å². The molecular weight excluding hydrogens is 299 g/mol. The summed E-state index contributed by atoms with van der Waals surface area (Å²) in [7, 11) is 0. The van der Waals surface area contributed by atoms with Gasteiger partial charge >= 0.3 is 6.18 Å². The Morgan fingerprint density at radius 3 is 2.53 bits per heavy atom. The van der Waals surface area contributed by atoms with Gasteiger partial charge < -0.3 is 5.32 Å². The highest BCUT2D eigenvalue weighted by molar-refractivity contribution is 9.09. The first kappa shape index (κ1) is 14.0. The number of carbonyl (C=O) groups excluding carboxylic acids is 1. The molecule has 1 rings (SSSR count). The maximum atomic E-state index is 12.6. The zero-order valence-corrected chi connectivity index (χ0v) is 10.4. The lowest BCUT2D eigenvalue weighted by Gasteiger charge is -2.12. The van der Waals surface area contributed by atoms with Gasteiger partial charge in [-0.1, -0.05) is 28.1 Å². The van der Waals surface area contributed by atoms with E-state index in [2.05, 4.69) is 21.2 Å². The lowest BCUT2D eigenvalue weighted by atomic mass is 10.1. The van der Waals surface area contributed by atoms with E-state index in [0.29, 0.717) is 18.3 Å². The number of nitrogens with one attached hydrogen (secondary N) is 1. The number of hydrogen-bond donors (Lipinski definition) is 1. The van der Waals surface area contributed by atoms with Gasteiger partial charge in [0.1, 0.15) is 0 Å².